The van der Waals surface area contributed by atoms with E-state index in [-0.39, 0.29) is 0 Å². The maximum Gasteiger partial charge on any atom is 0.0281 e. The van der Waals surface area contributed by atoms with Crippen molar-refractivity contribution in [3.8, 4) is 0 Å². The Bertz CT molecular complexity index is 585. The molecule has 0 bridgehead atoms. The summed E-state index contributed by atoms with van der Waals surface area (Å²) in [4.78, 5) is 2.67. The SMILES string of the molecule is Ic1cc(I)c(Sc2cc(I)c(I)cc2I)cc1I. The van der Waals surface area contributed by atoms with E-state index < -0.39 is 0 Å². The van der Waals surface area contributed by atoms with E-state index in [9.17, 15) is 0 Å². The van der Waals surface area contributed by atoms with Gasteiger partial charge in [0.05, 0.1) is 0 Å². The normalized spacial score (nSPS) is 10.8. The molecule has 0 aliphatic carbocycles. The zero-order valence-corrected chi connectivity index (χ0v) is 22.7. The van der Waals surface area contributed by atoms with Crippen LogP contribution < -0.4 is 0 Å². The molecule has 0 saturated heterocycles. The van der Waals surface area contributed by atoms with E-state index in [1.807, 2.05) is 11.8 Å². The molecule has 0 aliphatic heterocycles. The quantitative estimate of drug-likeness (QED) is 0.223. The fraction of sp³-hybridized carbons (Fsp3) is 0. The van der Waals surface area contributed by atoms with Gasteiger partial charge in [0.2, 0.25) is 0 Å². The van der Waals surface area contributed by atoms with E-state index in [2.05, 4.69) is 160 Å². The molecule has 2 rings (SSSR count). The Morgan fingerprint density at radius 1 is 0.474 bits per heavy atom. The van der Waals surface area contributed by atoms with E-state index in [0.29, 0.717) is 0 Å². The number of hydrogen-bond acceptors (Lipinski definition) is 1. The molecule has 0 atom stereocenters. The number of hydrogen-bond donors (Lipinski definition) is 0. The van der Waals surface area contributed by atoms with Gasteiger partial charge in [-0.3, -0.25) is 0 Å². The summed E-state index contributed by atoms with van der Waals surface area (Å²) < 4.78 is 7.90. The maximum absolute atomic E-state index is 2.42. The average molecular weight is 942 g/mol. The van der Waals surface area contributed by atoms with Crippen molar-refractivity contribution in [2.24, 2.45) is 0 Å². The van der Waals surface area contributed by atoms with Gasteiger partial charge in [0.15, 0.2) is 0 Å². The summed E-state index contributed by atoms with van der Waals surface area (Å²) in [7, 11) is 0. The third kappa shape index (κ3) is 5.07. The summed E-state index contributed by atoms with van der Waals surface area (Å²) in [5.74, 6) is 0. The van der Waals surface area contributed by atoms with Gasteiger partial charge in [-0.2, -0.15) is 0 Å². The minimum atomic E-state index is 1.32. The van der Waals surface area contributed by atoms with Crippen LogP contribution in [0.4, 0.5) is 0 Å². The molecule has 0 aromatic heterocycles. The topological polar surface area (TPSA) is 0 Å². The van der Waals surface area contributed by atoms with Crippen LogP contribution in [0.15, 0.2) is 34.1 Å². The van der Waals surface area contributed by atoms with Crippen LogP contribution in [-0.4, -0.2) is 0 Å². The van der Waals surface area contributed by atoms with E-state index in [1.165, 1.54) is 31.2 Å². The molecule has 0 aliphatic rings. The zero-order valence-electron chi connectivity index (χ0n) is 8.99. The number of benzene rings is 2. The van der Waals surface area contributed by atoms with Crippen LogP contribution in [0.25, 0.3) is 0 Å². The molecular weight excluding hydrogens is 938 g/mol. The highest BCUT2D eigenvalue weighted by molar-refractivity contribution is 14.1. The fourth-order valence-electron chi connectivity index (χ4n) is 1.28. The van der Waals surface area contributed by atoms with Gasteiger partial charge in [0.1, 0.15) is 0 Å². The van der Waals surface area contributed by atoms with Gasteiger partial charge >= 0.3 is 0 Å². The molecule has 0 N–H and O–H groups in total. The van der Waals surface area contributed by atoms with Crippen LogP contribution in [0.5, 0.6) is 0 Å². The lowest BCUT2D eigenvalue weighted by Gasteiger charge is -2.10. The van der Waals surface area contributed by atoms with Crippen LogP contribution in [0.3, 0.4) is 0 Å². The van der Waals surface area contributed by atoms with Crippen molar-refractivity contribution in [2.75, 3.05) is 0 Å². The second-order valence-corrected chi connectivity index (χ2v) is 11.6. The van der Waals surface area contributed by atoms with Crippen molar-refractivity contribution in [1.29, 1.82) is 0 Å². The molecule has 0 saturated carbocycles. The maximum atomic E-state index is 2.42. The Hall–Kier alpha value is 3.17. The molecule has 7 heteroatoms. The van der Waals surface area contributed by atoms with Crippen molar-refractivity contribution in [2.45, 2.75) is 9.79 Å². The Morgan fingerprint density at radius 2 is 0.789 bits per heavy atom. The summed E-state index contributed by atoms with van der Waals surface area (Å²) in [5, 5.41) is 0. The van der Waals surface area contributed by atoms with Crippen molar-refractivity contribution < 1.29 is 0 Å². The van der Waals surface area contributed by atoms with Gasteiger partial charge in [0.25, 0.3) is 0 Å². The first-order valence-electron chi connectivity index (χ1n) is 4.85. The van der Waals surface area contributed by atoms with Crippen molar-refractivity contribution in [1.82, 2.24) is 0 Å². The molecular formula is C12H4I6S. The van der Waals surface area contributed by atoms with Gasteiger partial charge < -0.3 is 0 Å². The minimum absolute atomic E-state index is 1.32. The first-order valence-corrected chi connectivity index (χ1v) is 12.1. The minimum Gasteiger partial charge on any atom is -0.0878 e. The molecule has 0 amide bonds. The van der Waals surface area contributed by atoms with Crippen molar-refractivity contribution in [3.05, 3.63) is 45.7 Å². The predicted octanol–water partition coefficient (Wildman–Crippen LogP) is 7.47. The summed E-state index contributed by atoms with van der Waals surface area (Å²) in [6.07, 6.45) is 0. The monoisotopic (exact) mass is 941 g/mol. The lowest BCUT2D eigenvalue weighted by Crippen LogP contribution is -1.89. The summed E-state index contributed by atoms with van der Waals surface area (Å²) in [5.41, 5.74) is 0. The number of halogens is 6. The Labute approximate surface area is 198 Å². The first-order chi connectivity index (χ1) is 8.88. The molecule has 0 heterocycles. The van der Waals surface area contributed by atoms with E-state index in [4.69, 9.17) is 0 Å². The van der Waals surface area contributed by atoms with Gasteiger partial charge in [-0.25, -0.2) is 0 Å². The molecule has 19 heavy (non-hydrogen) atoms. The van der Waals surface area contributed by atoms with Crippen LogP contribution >= 0.6 is 147 Å². The molecule has 2 aromatic carbocycles. The van der Waals surface area contributed by atoms with Gasteiger partial charge in [-0.1, -0.05) is 11.8 Å². The van der Waals surface area contributed by atoms with Crippen LogP contribution in [0.2, 0.25) is 0 Å². The fourth-order valence-corrected chi connectivity index (χ4v) is 7.26. The van der Waals surface area contributed by atoms with E-state index in [0.717, 1.165) is 0 Å². The van der Waals surface area contributed by atoms with Gasteiger partial charge in [-0.05, 0) is 160 Å². The van der Waals surface area contributed by atoms with Crippen molar-refractivity contribution in [3.63, 3.8) is 0 Å². The van der Waals surface area contributed by atoms with Crippen LogP contribution in [0, 0.1) is 21.4 Å². The second kappa shape index (κ2) is 8.32. The Balaban J connectivity index is 2.42. The molecule has 100 valence electrons. The van der Waals surface area contributed by atoms with Crippen LogP contribution in [-0.2, 0) is 0 Å². The third-order valence-electron chi connectivity index (χ3n) is 2.17. The largest absolute Gasteiger partial charge is 0.0878 e. The lowest BCUT2D eigenvalue weighted by molar-refractivity contribution is 1.30. The Kier molecular flexibility index (Phi) is 8.11. The Morgan fingerprint density at radius 3 is 1.16 bits per heavy atom. The van der Waals surface area contributed by atoms with Gasteiger partial charge in [-0.15, -0.1) is 0 Å². The number of rotatable bonds is 2. The van der Waals surface area contributed by atoms with E-state index >= 15 is 0 Å². The average Bonchev–Trinajstić information content (AvgIpc) is 2.32. The molecule has 0 spiro atoms. The molecule has 0 radical (unpaired) electrons. The highest BCUT2D eigenvalue weighted by Gasteiger charge is 2.10. The molecule has 0 nitrogen and oxygen atoms in total. The summed E-state index contributed by atoms with van der Waals surface area (Å²) in [6, 6.07) is 9.04. The van der Waals surface area contributed by atoms with E-state index in [1.54, 1.807) is 0 Å². The second-order valence-electron chi connectivity index (χ2n) is 3.50. The smallest absolute Gasteiger partial charge is 0.0281 e. The van der Waals surface area contributed by atoms with Crippen LogP contribution in [0.1, 0.15) is 0 Å². The highest BCUT2D eigenvalue weighted by atomic mass is 127. The highest BCUT2D eigenvalue weighted by Crippen LogP contribution is 2.37. The third-order valence-corrected chi connectivity index (χ3v) is 11.4. The van der Waals surface area contributed by atoms with Crippen molar-refractivity contribution >= 4 is 147 Å². The zero-order chi connectivity index (χ0) is 14.2. The first kappa shape index (κ1) is 18.5. The standard InChI is InChI=1S/C12H4I6S/c13-5-1-9(17)11(3-7(5)15)19-12-4-8(16)6(14)2-10(12)18/h1-4H. The summed E-state index contributed by atoms with van der Waals surface area (Å²) >= 11 is 16.3. The molecule has 0 fully saturated rings. The predicted molar refractivity (Wildman–Crippen MR) is 133 cm³/mol. The lowest BCUT2D eigenvalue weighted by atomic mass is 10.4. The summed E-state index contributed by atoms with van der Waals surface area (Å²) in [6.45, 7) is 0. The molecule has 2 aromatic rings. The van der Waals surface area contributed by atoms with Gasteiger partial charge in [0, 0.05) is 31.2 Å². The molecule has 0 unspecified atom stereocenters.